The van der Waals surface area contributed by atoms with E-state index in [1.54, 1.807) is 12.1 Å². The number of aromatic hydroxyl groups is 2. The van der Waals surface area contributed by atoms with Crippen molar-refractivity contribution < 1.29 is 15.0 Å². The highest BCUT2D eigenvalue weighted by atomic mass is 16.3. The number of hydrogen-bond donors (Lipinski definition) is 4. The van der Waals surface area contributed by atoms with E-state index in [1.165, 1.54) is 24.4 Å². The number of rotatable bonds is 3. The Bertz CT molecular complexity index is 951. The molecule has 120 valence electrons. The third-order valence-corrected chi connectivity index (χ3v) is 3.57. The van der Waals surface area contributed by atoms with Gasteiger partial charge >= 0.3 is 0 Å². The van der Waals surface area contributed by atoms with Gasteiger partial charge in [-0.15, -0.1) is 0 Å². The van der Waals surface area contributed by atoms with Crippen LogP contribution >= 0.6 is 0 Å². The van der Waals surface area contributed by atoms with Crippen molar-refractivity contribution in [3.8, 4) is 11.5 Å². The van der Waals surface area contributed by atoms with E-state index >= 15 is 0 Å². The van der Waals surface area contributed by atoms with Crippen LogP contribution in [0.1, 0.15) is 15.9 Å². The van der Waals surface area contributed by atoms with Crippen LogP contribution in [0.2, 0.25) is 0 Å². The van der Waals surface area contributed by atoms with Gasteiger partial charge in [-0.3, -0.25) is 4.79 Å². The Kier molecular flexibility index (Phi) is 4.03. The number of phenolic OH excluding ortho intramolecular Hbond substituents is 2. The second-order valence-corrected chi connectivity index (χ2v) is 5.20. The number of hydrazone groups is 1. The Balaban J connectivity index is 1.84. The van der Waals surface area contributed by atoms with Crippen molar-refractivity contribution in [2.45, 2.75) is 0 Å². The maximum Gasteiger partial charge on any atom is 0.275 e. The number of carbonyl (C=O) groups excluding carboxylic acids is 1. The molecule has 3 aromatic carbocycles. The van der Waals surface area contributed by atoms with Gasteiger partial charge in [0.2, 0.25) is 0 Å². The van der Waals surface area contributed by atoms with Gasteiger partial charge in [-0.1, -0.05) is 30.3 Å². The maximum atomic E-state index is 12.0. The van der Waals surface area contributed by atoms with Gasteiger partial charge in [0.1, 0.15) is 11.5 Å². The molecule has 0 aliphatic heterocycles. The summed E-state index contributed by atoms with van der Waals surface area (Å²) in [5.74, 6) is -0.749. The van der Waals surface area contributed by atoms with Crippen LogP contribution in [-0.4, -0.2) is 22.3 Å². The van der Waals surface area contributed by atoms with E-state index < -0.39 is 5.91 Å². The first-order chi connectivity index (χ1) is 11.6. The van der Waals surface area contributed by atoms with Crippen molar-refractivity contribution in [2.24, 2.45) is 5.10 Å². The molecule has 0 aliphatic rings. The molecule has 0 saturated carbocycles. The fourth-order valence-electron chi connectivity index (χ4n) is 2.38. The first-order valence-corrected chi connectivity index (χ1v) is 7.19. The third kappa shape index (κ3) is 2.98. The standard InChI is InChI=1S/C18H15N3O3/c19-12-6-7-14(17(23)9-12)18(24)21-20-10-15-13-4-2-1-3-11(13)5-8-16(15)22/h1-10,22-23H,19H2,(H,21,24)/b20-10+. The van der Waals surface area contributed by atoms with Crippen LogP contribution in [-0.2, 0) is 0 Å². The SMILES string of the molecule is Nc1ccc(C(=O)N/N=C/c2c(O)ccc3ccccc23)c(O)c1. The lowest BCUT2D eigenvalue weighted by Crippen LogP contribution is -2.17. The first-order valence-electron chi connectivity index (χ1n) is 7.19. The minimum absolute atomic E-state index is 0.0574. The number of phenols is 2. The van der Waals surface area contributed by atoms with Crippen molar-refractivity contribution in [3.05, 3.63) is 65.7 Å². The summed E-state index contributed by atoms with van der Waals surface area (Å²) in [6, 6.07) is 15.1. The highest BCUT2D eigenvalue weighted by molar-refractivity contribution is 6.03. The fourth-order valence-corrected chi connectivity index (χ4v) is 2.38. The van der Waals surface area contributed by atoms with E-state index in [1.807, 2.05) is 24.3 Å². The van der Waals surface area contributed by atoms with E-state index in [-0.39, 0.29) is 17.1 Å². The van der Waals surface area contributed by atoms with Gasteiger partial charge < -0.3 is 15.9 Å². The van der Waals surface area contributed by atoms with Gasteiger partial charge in [-0.05, 0) is 29.0 Å². The van der Waals surface area contributed by atoms with Gasteiger partial charge in [0.15, 0.2) is 0 Å². The molecule has 0 fully saturated rings. The minimum Gasteiger partial charge on any atom is -0.507 e. The average Bonchev–Trinajstić information content (AvgIpc) is 2.56. The molecule has 3 rings (SSSR count). The minimum atomic E-state index is -0.580. The third-order valence-electron chi connectivity index (χ3n) is 3.57. The van der Waals surface area contributed by atoms with Crippen molar-refractivity contribution >= 4 is 28.6 Å². The van der Waals surface area contributed by atoms with Crippen LogP contribution in [0.3, 0.4) is 0 Å². The van der Waals surface area contributed by atoms with Crippen LogP contribution in [0.5, 0.6) is 11.5 Å². The lowest BCUT2D eigenvalue weighted by molar-refractivity contribution is 0.0952. The van der Waals surface area contributed by atoms with E-state index in [0.717, 1.165) is 10.8 Å². The number of nitrogens with one attached hydrogen (secondary N) is 1. The van der Waals surface area contributed by atoms with Crippen molar-refractivity contribution in [1.82, 2.24) is 5.43 Å². The Labute approximate surface area is 137 Å². The Hall–Kier alpha value is -3.54. The Morgan fingerprint density at radius 1 is 1.04 bits per heavy atom. The summed E-state index contributed by atoms with van der Waals surface area (Å²) in [5.41, 5.74) is 8.75. The second kappa shape index (κ2) is 6.29. The fraction of sp³-hybridized carbons (Fsp3) is 0. The van der Waals surface area contributed by atoms with Gasteiger partial charge in [-0.25, -0.2) is 5.43 Å². The molecule has 0 unspecified atom stereocenters. The van der Waals surface area contributed by atoms with Crippen LogP contribution in [0.25, 0.3) is 10.8 Å². The number of fused-ring (bicyclic) bond motifs is 1. The molecule has 0 saturated heterocycles. The summed E-state index contributed by atoms with van der Waals surface area (Å²) < 4.78 is 0. The summed E-state index contributed by atoms with van der Waals surface area (Å²) in [6.45, 7) is 0. The van der Waals surface area contributed by atoms with E-state index in [0.29, 0.717) is 11.3 Å². The Morgan fingerprint density at radius 3 is 2.62 bits per heavy atom. The van der Waals surface area contributed by atoms with Crippen LogP contribution in [0.15, 0.2) is 59.7 Å². The number of carbonyl (C=O) groups is 1. The van der Waals surface area contributed by atoms with Crippen molar-refractivity contribution in [1.29, 1.82) is 0 Å². The maximum absolute atomic E-state index is 12.0. The van der Waals surface area contributed by atoms with Gasteiger partial charge in [0.25, 0.3) is 5.91 Å². The Morgan fingerprint density at radius 2 is 1.83 bits per heavy atom. The number of nitrogens with zero attached hydrogens (tertiary/aromatic N) is 1. The summed E-state index contributed by atoms with van der Waals surface area (Å²) >= 11 is 0. The van der Waals surface area contributed by atoms with E-state index in [4.69, 9.17) is 5.73 Å². The highest BCUT2D eigenvalue weighted by Crippen LogP contribution is 2.25. The van der Waals surface area contributed by atoms with Crippen LogP contribution < -0.4 is 11.2 Å². The smallest absolute Gasteiger partial charge is 0.275 e. The molecular formula is C18H15N3O3. The molecule has 3 aromatic rings. The highest BCUT2D eigenvalue weighted by Gasteiger charge is 2.10. The van der Waals surface area contributed by atoms with Gasteiger partial charge in [0.05, 0.1) is 11.8 Å². The molecule has 5 N–H and O–H groups in total. The van der Waals surface area contributed by atoms with E-state index in [9.17, 15) is 15.0 Å². The van der Waals surface area contributed by atoms with Crippen molar-refractivity contribution in [2.75, 3.05) is 5.73 Å². The predicted molar refractivity (Wildman–Crippen MR) is 93.2 cm³/mol. The summed E-state index contributed by atoms with van der Waals surface area (Å²) in [4.78, 5) is 12.0. The molecule has 0 radical (unpaired) electrons. The number of hydrogen-bond acceptors (Lipinski definition) is 5. The molecule has 0 aromatic heterocycles. The van der Waals surface area contributed by atoms with Crippen LogP contribution in [0.4, 0.5) is 5.69 Å². The predicted octanol–water partition coefficient (Wildman–Crippen LogP) is 2.60. The molecule has 24 heavy (non-hydrogen) atoms. The number of nitrogens with two attached hydrogens (primary N) is 1. The lowest BCUT2D eigenvalue weighted by atomic mass is 10.0. The van der Waals surface area contributed by atoms with Crippen molar-refractivity contribution in [3.63, 3.8) is 0 Å². The topological polar surface area (TPSA) is 108 Å². The van der Waals surface area contributed by atoms with Gasteiger partial charge in [0, 0.05) is 17.3 Å². The molecular weight excluding hydrogens is 306 g/mol. The molecule has 6 heteroatoms. The number of benzene rings is 3. The lowest BCUT2D eigenvalue weighted by Gasteiger charge is -2.06. The molecule has 0 spiro atoms. The van der Waals surface area contributed by atoms with Crippen LogP contribution in [0, 0.1) is 0 Å². The summed E-state index contributed by atoms with van der Waals surface area (Å²) in [6.07, 6.45) is 1.36. The zero-order valence-corrected chi connectivity index (χ0v) is 12.6. The number of anilines is 1. The zero-order valence-electron chi connectivity index (χ0n) is 12.6. The molecule has 1 amide bonds. The average molecular weight is 321 g/mol. The molecule has 0 bridgehead atoms. The molecule has 0 heterocycles. The summed E-state index contributed by atoms with van der Waals surface area (Å²) in [5, 5.41) is 25.4. The number of nitrogen functional groups attached to an aromatic ring is 1. The molecule has 0 atom stereocenters. The van der Waals surface area contributed by atoms with E-state index in [2.05, 4.69) is 10.5 Å². The normalized spacial score (nSPS) is 11.0. The summed E-state index contributed by atoms with van der Waals surface area (Å²) in [7, 11) is 0. The molecule has 6 nitrogen and oxygen atoms in total. The largest absolute Gasteiger partial charge is 0.507 e. The molecule has 0 aliphatic carbocycles. The first kappa shape index (κ1) is 15.4. The monoisotopic (exact) mass is 321 g/mol. The zero-order chi connectivity index (χ0) is 17.1. The quantitative estimate of drug-likeness (QED) is 0.338. The second-order valence-electron chi connectivity index (χ2n) is 5.20. The number of amides is 1. The van der Waals surface area contributed by atoms with Gasteiger partial charge in [-0.2, -0.15) is 5.10 Å².